The molecular formula is C15H23N3O2. The molecule has 1 saturated heterocycles. The number of alkyl carbamates (subject to hydrolysis) is 1. The van der Waals surface area contributed by atoms with E-state index in [4.69, 9.17) is 10.5 Å². The Morgan fingerprint density at radius 2 is 2.20 bits per heavy atom. The highest BCUT2D eigenvalue weighted by molar-refractivity contribution is 5.68. The molecule has 110 valence electrons. The predicted octanol–water partition coefficient (Wildman–Crippen LogP) is 2.37. The third-order valence-corrected chi connectivity index (χ3v) is 3.14. The number of nitrogen functional groups attached to an aromatic ring is 1. The molecule has 0 bridgehead atoms. The summed E-state index contributed by atoms with van der Waals surface area (Å²) >= 11 is 0. The molecule has 1 amide bonds. The summed E-state index contributed by atoms with van der Waals surface area (Å²) in [7, 11) is 0. The zero-order chi connectivity index (χ0) is 14.8. The number of ether oxygens (including phenoxy) is 1. The Kier molecular flexibility index (Phi) is 4.06. The van der Waals surface area contributed by atoms with Crippen LogP contribution in [-0.4, -0.2) is 30.8 Å². The maximum Gasteiger partial charge on any atom is 0.407 e. The van der Waals surface area contributed by atoms with E-state index in [1.165, 1.54) is 0 Å². The van der Waals surface area contributed by atoms with Gasteiger partial charge in [0, 0.05) is 24.5 Å². The van der Waals surface area contributed by atoms with Crippen LogP contribution in [0.15, 0.2) is 24.3 Å². The fourth-order valence-electron chi connectivity index (χ4n) is 2.31. The summed E-state index contributed by atoms with van der Waals surface area (Å²) in [4.78, 5) is 14.0. The fourth-order valence-corrected chi connectivity index (χ4v) is 2.31. The maximum absolute atomic E-state index is 11.7. The monoisotopic (exact) mass is 277 g/mol. The van der Waals surface area contributed by atoms with Gasteiger partial charge in [-0.25, -0.2) is 4.79 Å². The van der Waals surface area contributed by atoms with Crippen molar-refractivity contribution >= 4 is 17.5 Å². The van der Waals surface area contributed by atoms with Crippen LogP contribution >= 0.6 is 0 Å². The molecule has 1 aromatic carbocycles. The third kappa shape index (κ3) is 4.05. The first kappa shape index (κ1) is 14.5. The first-order valence-electron chi connectivity index (χ1n) is 6.93. The first-order valence-corrected chi connectivity index (χ1v) is 6.93. The number of carbonyl (C=O) groups excluding carboxylic acids is 1. The molecule has 1 aliphatic rings. The number of nitrogens with one attached hydrogen (secondary N) is 1. The SMILES string of the molecule is CC(C)(C)OC(=O)NC1CCN(c2cccc(N)c2)C1. The van der Waals surface area contributed by atoms with Gasteiger partial charge in [0.1, 0.15) is 5.60 Å². The molecular weight excluding hydrogens is 254 g/mol. The zero-order valence-corrected chi connectivity index (χ0v) is 12.3. The van der Waals surface area contributed by atoms with Gasteiger partial charge in [0.2, 0.25) is 0 Å². The molecule has 0 aliphatic carbocycles. The van der Waals surface area contributed by atoms with E-state index in [0.29, 0.717) is 0 Å². The number of nitrogens with zero attached hydrogens (tertiary/aromatic N) is 1. The van der Waals surface area contributed by atoms with Gasteiger partial charge < -0.3 is 20.7 Å². The quantitative estimate of drug-likeness (QED) is 0.814. The van der Waals surface area contributed by atoms with Crippen LogP contribution < -0.4 is 16.0 Å². The predicted molar refractivity (Wildman–Crippen MR) is 80.8 cm³/mol. The van der Waals surface area contributed by atoms with Gasteiger partial charge in [-0.2, -0.15) is 0 Å². The number of carbonyl (C=O) groups is 1. The third-order valence-electron chi connectivity index (χ3n) is 3.14. The smallest absolute Gasteiger partial charge is 0.407 e. The number of hydrogen-bond acceptors (Lipinski definition) is 4. The second kappa shape index (κ2) is 5.61. The number of anilines is 2. The van der Waals surface area contributed by atoms with E-state index in [-0.39, 0.29) is 12.1 Å². The molecule has 5 heteroatoms. The Hall–Kier alpha value is -1.91. The molecule has 2 rings (SSSR count). The van der Waals surface area contributed by atoms with Gasteiger partial charge in [-0.15, -0.1) is 0 Å². The van der Waals surface area contributed by atoms with Crippen molar-refractivity contribution in [3.63, 3.8) is 0 Å². The number of benzene rings is 1. The number of rotatable bonds is 2. The van der Waals surface area contributed by atoms with Crippen molar-refractivity contribution in [1.29, 1.82) is 0 Å². The molecule has 0 aromatic heterocycles. The summed E-state index contributed by atoms with van der Waals surface area (Å²) < 4.78 is 5.27. The largest absolute Gasteiger partial charge is 0.444 e. The summed E-state index contributed by atoms with van der Waals surface area (Å²) in [6, 6.07) is 7.92. The standard InChI is InChI=1S/C15H23N3O2/c1-15(2,3)20-14(19)17-12-7-8-18(10-12)13-6-4-5-11(16)9-13/h4-6,9,12H,7-8,10,16H2,1-3H3,(H,17,19). The Bertz CT molecular complexity index is 482. The Morgan fingerprint density at radius 1 is 1.45 bits per heavy atom. The summed E-state index contributed by atoms with van der Waals surface area (Å²) in [5.41, 5.74) is 7.18. The molecule has 0 radical (unpaired) electrons. The van der Waals surface area contributed by atoms with E-state index in [1.807, 2.05) is 45.0 Å². The van der Waals surface area contributed by atoms with Crippen molar-refractivity contribution in [2.24, 2.45) is 0 Å². The lowest BCUT2D eigenvalue weighted by Gasteiger charge is -2.22. The molecule has 5 nitrogen and oxygen atoms in total. The fraction of sp³-hybridized carbons (Fsp3) is 0.533. The van der Waals surface area contributed by atoms with E-state index in [9.17, 15) is 4.79 Å². The van der Waals surface area contributed by atoms with Gasteiger partial charge in [-0.1, -0.05) is 6.07 Å². The molecule has 1 heterocycles. The van der Waals surface area contributed by atoms with Crippen molar-refractivity contribution in [1.82, 2.24) is 5.32 Å². The number of nitrogens with two attached hydrogens (primary N) is 1. The normalized spacial score (nSPS) is 18.9. The van der Waals surface area contributed by atoms with E-state index in [2.05, 4.69) is 10.2 Å². The summed E-state index contributed by atoms with van der Waals surface area (Å²) in [5.74, 6) is 0. The summed E-state index contributed by atoms with van der Waals surface area (Å²) in [6.45, 7) is 7.27. The molecule has 3 N–H and O–H groups in total. The molecule has 1 fully saturated rings. The molecule has 1 atom stereocenters. The van der Waals surface area contributed by atoms with Crippen LogP contribution in [0, 0.1) is 0 Å². The van der Waals surface area contributed by atoms with E-state index in [0.717, 1.165) is 30.9 Å². The number of hydrogen-bond donors (Lipinski definition) is 2. The Morgan fingerprint density at radius 3 is 2.85 bits per heavy atom. The average molecular weight is 277 g/mol. The van der Waals surface area contributed by atoms with Crippen molar-refractivity contribution < 1.29 is 9.53 Å². The van der Waals surface area contributed by atoms with Crippen molar-refractivity contribution in [3.05, 3.63) is 24.3 Å². The van der Waals surface area contributed by atoms with Gasteiger partial charge in [0.05, 0.1) is 6.04 Å². The molecule has 20 heavy (non-hydrogen) atoms. The van der Waals surface area contributed by atoms with Crippen LogP contribution in [0.4, 0.5) is 16.2 Å². The lowest BCUT2D eigenvalue weighted by molar-refractivity contribution is 0.0509. The van der Waals surface area contributed by atoms with Crippen molar-refractivity contribution in [3.8, 4) is 0 Å². The summed E-state index contributed by atoms with van der Waals surface area (Å²) in [5, 5.41) is 2.92. The maximum atomic E-state index is 11.7. The highest BCUT2D eigenvalue weighted by Crippen LogP contribution is 2.22. The van der Waals surface area contributed by atoms with Crippen molar-refractivity contribution in [2.45, 2.75) is 38.8 Å². The van der Waals surface area contributed by atoms with E-state index < -0.39 is 5.60 Å². The zero-order valence-electron chi connectivity index (χ0n) is 12.3. The summed E-state index contributed by atoms with van der Waals surface area (Å²) in [6.07, 6.45) is 0.561. The van der Waals surface area contributed by atoms with Crippen LogP contribution in [0.2, 0.25) is 0 Å². The first-order chi connectivity index (χ1) is 9.33. The molecule has 1 aliphatic heterocycles. The minimum atomic E-state index is -0.462. The lowest BCUT2D eigenvalue weighted by atomic mass is 10.2. The lowest BCUT2D eigenvalue weighted by Crippen LogP contribution is -2.40. The van der Waals surface area contributed by atoms with Gasteiger partial charge in [0.15, 0.2) is 0 Å². The van der Waals surface area contributed by atoms with Crippen LogP contribution in [0.5, 0.6) is 0 Å². The second-order valence-corrected chi connectivity index (χ2v) is 6.17. The molecule has 1 unspecified atom stereocenters. The van der Waals surface area contributed by atoms with Crippen LogP contribution in [0.3, 0.4) is 0 Å². The van der Waals surface area contributed by atoms with E-state index >= 15 is 0 Å². The minimum absolute atomic E-state index is 0.117. The Balaban J connectivity index is 1.88. The van der Waals surface area contributed by atoms with Crippen LogP contribution in [-0.2, 0) is 4.74 Å². The molecule has 0 spiro atoms. The minimum Gasteiger partial charge on any atom is -0.444 e. The van der Waals surface area contributed by atoms with Gasteiger partial charge in [0.25, 0.3) is 0 Å². The highest BCUT2D eigenvalue weighted by Gasteiger charge is 2.26. The van der Waals surface area contributed by atoms with Crippen molar-refractivity contribution in [2.75, 3.05) is 23.7 Å². The van der Waals surface area contributed by atoms with Gasteiger partial charge in [-0.05, 0) is 45.4 Å². The molecule has 0 saturated carbocycles. The highest BCUT2D eigenvalue weighted by atomic mass is 16.6. The average Bonchev–Trinajstić information content (AvgIpc) is 2.74. The van der Waals surface area contributed by atoms with Gasteiger partial charge in [-0.3, -0.25) is 0 Å². The molecule has 1 aromatic rings. The van der Waals surface area contributed by atoms with Crippen LogP contribution in [0.25, 0.3) is 0 Å². The van der Waals surface area contributed by atoms with E-state index in [1.54, 1.807) is 0 Å². The second-order valence-electron chi connectivity index (χ2n) is 6.17. The topological polar surface area (TPSA) is 67.6 Å². The number of amides is 1. The van der Waals surface area contributed by atoms with Gasteiger partial charge >= 0.3 is 6.09 Å². The van der Waals surface area contributed by atoms with Crippen LogP contribution in [0.1, 0.15) is 27.2 Å². The Labute approximate surface area is 120 Å².